The highest BCUT2D eigenvalue weighted by Gasteiger charge is 2.29. The number of halogens is 2. The fourth-order valence-electron chi connectivity index (χ4n) is 1.38. The van der Waals surface area contributed by atoms with Crippen LogP contribution in [0.2, 0.25) is 5.02 Å². The molecule has 14 heavy (non-hydrogen) atoms. The van der Waals surface area contributed by atoms with Crippen LogP contribution in [0.4, 0.5) is 4.39 Å². The van der Waals surface area contributed by atoms with Gasteiger partial charge < -0.3 is 9.84 Å². The Labute approximate surface area is 86.3 Å². The van der Waals surface area contributed by atoms with E-state index in [0.717, 1.165) is 0 Å². The number of rotatable bonds is 2. The summed E-state index contributed by atoms with van der Waals surface area (Å²) >= 11 is 5.59. The quantitative estimate of drug-likeness (QED) is 0.823. The SMILES string of the molecule is OC1CC(Oc2ccc(Cl)cc2F)C1. The fraction of sp³-hybridized carbons (Fsp3) is 0.400. The number of hydrogen-bond donors (Lipinski definition) is 1. The van der Waals surface area contributed by atoms with E-state index in [1.54, 1.807) is 6.07 Å². The maximum atomic E-state index is 13.2. The highest BCUT2D eigenvalue weighted by molar-refractivity contribution is 6.30. The van der Waals surface area contributed by atoms with Crippen LogP contribution in [-0.4, -0.2) is 17.3 Å². The Bertz CT molecular complexity index is 337. The molecular formula is C10H10ClFO2. The van der Waals surface area contributed by atoms with Crippen molar-refractivity contribution < 1.29 is 14.2 Å². The second kappa shape index (κ2) is 3.75. The summed E-state index contributed by atoms with van der Waals surface area (Å²) in [6.45, 7) is 0. The van der Waals surface area contributed by atoms with Gasteiger partial charge in [0.25, 0.3) is 0 Å². The lowest BCUT2D eigenvalue weighted by atomic mass is 9.92. The third kappa shape index (κ3) is 1.99. The van der Waals surface area contributed by atoms with Gasteiger partial charge in [0.15, 0.2) is 11.6 Å². The minimum Gasteiger partial charge on any atom is -0.487 e. The maximum absolute atomic E-state index is 13.2. The van der Waals surface area contributed by atoms with Crippen LogP contribution < -0.4 is 4.74 Å². The van der Waals surface area contributed by atoms with E-state index in [0.29, 0.717) is 17.9 Å². The summed E-state index contributed by atoms with van der Waals surface area (Å²) in [6.07, 6.45) is 0.778. The third-order valence-corrected chi connectivity index (χ3v) is 2.49. The van der Waals surface area contributed by atoms with E-state index in [4.69, 9.17) is 21.4 Å². The zero-order valence-electron chi connectivity index (χ0n) is 7.41. The van der Waals surface area contributed by atoms with Crippen molar-refractivity contribution in [3.8, 4) is 5.75 Å². The van der Waals surface area contributed by atoms with E-state index in [2.05, 4.69) is 0 Å². The standard InChI is InChI=1S/C10H10ClFO2/c11-6-1-2-10(9(12)3-6)14-8-4-7(13)5-8/h1-3,7-8,13H,4-5H2. The molecule has 0 radical (unpaired) electrons. The van der Waals surface area contributed by atoms with Gasteiger partial charge in [-0.3, -0.25) is 0 Å². The van der Waals surface area contributed by atoms with Crippen LogP contribution in [0.1, 0.15) is 12.8 Å². The molecule has 0 aromatic heterocycles. The second-order valence-electron chi connectivity index (χ2n) is 3.44. The van der Waals surface area contributed by atoms with Gasteiger partial charge in [0.05, 0.1) is 6.10 Å². The molecule has 1 aliphatic rings. The van der Waals surface area contributed by atoms with E-state index in [1.807, 2.05) is 0 Å². The molecule has 0 heterocycles. The fourth-order valence-corrected chi connectivity index (χ4v) is 1.54. The molecule has 2 rings (SSSR count). The summed E-state index contributed by atoms with van der Waals surface area (Å²) in [6, 6.07) is 4.30. The Morgan fingerprint density at radius 1 is 1.43 bits per heavy atom. The molecule has 0 amide bonds. The number of ether oxygens (including phenoxy) is 1. The number of aliphatic hydroxyl groups is 1. The topological polar surface area (TPSA) is 29.5 Å². The van der Waals surface area contributed by atoms with Crippen LogP contribution in [0, 0.1) is 5.82 Å². The van der Waals surface area contributed by atoms with Crippen LogP contribution in [0.25, 0.3) is 0 Å². The molecule has 76 valence electrons. The number of benzene rings is 1. The molecule has 1 aliphatic carbocycles. The zero-order chi connectivity index (χ0) is 10.1. The van der Waals surface area contributed by atoms with Gasteiger partial charge in [0.2, 0.25) is 0 Å². The largest absolute Gasteiger partial charge is 0.487 e. The molecule has 0 aliphatic heterocycles. The summed E-state index contributed by atoms with van der Waals surface area (Å²) in [5, 5.41) is 9.37. The molecule has 0 unspecified atom stereocenters. The molecule has 1 N–H and O–H groups in total. The van der Waals surface area contributed by atoms with E-state index in [9.17, 15) is 4.39 Å². The molecule has 2 nitrogen and oxygen atoms in total. The van der Waals surface area contributed by atoms with Crippen molar-refractivity contribution in [2.75, 3.05) is 0 Å². The lowest BCUT2D eigenvalue weighted by molar-refractivity contribution is -0.0124. The summed E-state index contributed by atoms with van der Waals surface area (Å²) < 4.78 is 18.5. The first kappa shape index (κ1) is 9.74. The molecule has 1 aromatic carbocycles. The molecule has 4 heteroatoms. The van der Waals surface area contributed by atoms with Gasteiger partial charge in [-0.1, -0.05) is 11.6 Å². The Morgan fingerprint density at radius 2 is 2.14 bits per heavy atom. The van der Waals surface area contributed by atoms with Gasteiger partial charge in [-0.05, 0) is 18.2 Å². The van der Waals surface area contributed by atoms with E-state index in [1.165, 1.54) is 12.1 Å². The van der Waals surface area contributed by atoms with Crippen molar-refractivity contribution >= 4 is 11.6 Å². The molecule has 0 saturated heterocycles. The Hall–Kier alpha value is -0.800. The molecule has 0 spiro atoms. The minimum atomic E-state index is -0.459. The van der Waals surface area contributed by atoms with Crippen molar-refractivity contribution in [3.05, 3.63) is 29.0 Å². The van der Waals surface area contributed by atoms with Crippen molar-refractivity contribution in [2.24, 2.45) is 0 Å². The predicted molar refractivity (Wildman–Crippen MR) is 51.1 cm³/mol. The van der Waals surface area contributed by atoms with Crippen molar-refractivity contribution in [2.45, 2.75) is 25.0 Å². The van der Waals surface area contributed by atoms with E-state index in [-0.39, 0.29) is 18.0 Å². The average molecular weight is 217 g/mol. The first-order chi connectivity index (χ1) is 6.65. The summed E-state index contributed by atoms with van der Waals surface area (Å²) in [5.41, 5.74) is 0. The van der Waals surface area contributed by atoms with E-state index >= 15 is 0 Å². The lowest BCUT2D eigenvalue weighted by Crippen LogP contribution is -2.37. The van der Waals surface area contributed by atoms with Gasteiger partial charge in [-0.15, -0.1) is 0 Å². The molecule has 0 atom stereocenters. The van der Waals surface area contributed by atoms with E-state index < -0.39 is 5.82 Å². The van der Waals surface area contributed by atoms with Crippen LogP contribution in [0.3, 0.4) is 0 Å². The van der Waals surface area contributed by atoms with Gasteiger partial charge >= 0.3 is 0 Å². The van der Waals surface area contributed by atoms with Crippen molar-refractivity contribution in [1.29, 1.82) is 0 Å². The van der Waals surface area contributed by atoms with Gasteiger partial charge in [0, 0.05) is 17.9 Å². The van der Waals surface area contributed by atoms with Crippen LogP contribution in [0.5, 0.6) is 5.75 Å². The molecule has 0 bridgehead atoms. The first-order valence-electron chi connectivity index (χ1n) is 4.45. The highest BCUT2D eigenvalue weighted by Crippen LogP contribution is 2.28. The monoisotopic (exact) mass is 216 g/mol. The summed E-state index contributed by atoms with van der Waals surface area (Å²) in [5.74, 6) is -0.259. The Balaban J connectivity index is 2.02. The smallest absolute Gasteiger partial charge is 0.166 e. The molecule has 1 saturated carbocycles. The normalized spacial score (nSPS) is 25.6. The molecular weight excluding hydrogens is 207 g/mol. The third-order valence-electron chi connectivity index (χ3n) is 2.26. The molecule has 1 aromatic rings. The first-order valence-corrected chi connectivity index (χ1v) is 4.82. The van der Waals surface area contributed by atoms with Gasteiger partial charge in [-0.2, -0.15) is 0 Å². The lowest BCUT2D eigenvalue weighted by Gasteiger charge is -2.31. The minimum absolute atomic E-state index is 0.0688. The van der Waals surface area contributed by atoms with Gasteiger partial charge in [0.1, 0.15) is 6.10 Å². The summed E-state index contributed by atoms with van der Waals surface area (Å²) in [4.78, 5) is 0. The average Bonchev–Trinajstić information content (AvgIpc) is 2.06. The zero-order valence-corrected chi connectivity index (χ0v) is 8.17. The Morgan fingerprint density at radius 3 is 2.71 bits per heavy atom. The predicted octanol–water partition coefficient (Wildman–Crippen LogP) is 2.38. The van der Waals surface area contributed by atoms with Crippen LogP contribution >= 0.6 is 11.6 Å². The van der Waals surface area contributed by atoms with Crippen LogP contribution in [0.15, 0.2) is 18.2 Å². The summed E-state index contributed by atoms with van der Waals surface area (Å²) in [7, 11) is 0. The maximum Gasteiger partial charge on any atom is 0.166 e. The molecule has 1 fully saturated rings. The van der Waals surface area contributed by atoms with Crippen molar-refractivity contribution in [3.63, 3.8) is 0 Å². The van der Waals surface area contributed by atoms with Crippen LogP contribution in [-0.2, 0) is 0 Å². The highest BCUT2D eigenvalue weighted by atomic mass is 35.5. The second-order valence-corrected chi connectivity index (χ2v) is 3.88. The Kier molecular flexibility index (Phi) is 2.61. The number of aliphatic hydroxyl groups excluding tert-OH is 1. The van der Waals surface area contributed by atoms with Crippen molar-refractivity contribution in [1.82, 2.24) is 0 Å². The van der Waals surface area contributed by atoms with Gasteiger partial charge in [-0.25, -0.2) is 4.39 Å². The number of hydrogen-bond acceptors (Lipinski definition) is 2.